The molecule has 86 valence electrons. The van der Waals surface area contributed by atoms with E-state index < -0.39 is 0 Å². The van der Waals surface area contributed by atoms with E-state index in [1.807, 2.05) is 0 Å². The van der Waals surface area contributed by atoms with Gasteiger partial charge in [0.2, 0.25) is 0 Å². The molecule has 0 fully saturated rings. The van der Waals surface area contributed by atoms with Gasteiger partial charge in [-0.25, -0.2) is 0 Å². The van der Waals surface area contributed by atoms with Gasteiger partial charge in [-0.05, 0) is 26.2 Å². The molecular weight excluding hydrogens is 170 g/mol. The van der Waals surface area contributed by atoms with Crippen LogP contribution in [0.4, 0.5) is 0 Å². The molecule has 1 nitrogen and oxygen atoms in total. The summed E-state index contributed by atoms with van der Waals surface area (Å²) < 4.78 is 0. The number of hydrogen-bond donors (Lipinski definition) is 1. The van der Waals surface area contributed by atoms with Crippen molar-refractivity contribution in [2.75, 3.05) is 0 Å². The number of rotatable bonds is 9. The van der Waals surface area contributed by atoms with E-state index in [-0.39, 0.29) is 0 Å². The van der Waals surface area contributed by atoms with Crippen molar-refractivity contribution >= 4 is 0 Å². The minimum Gasteiger partial charge on any atom is -0.312 e. The SMILES string of the molecule is CCCCC(C)NC(CC)CCCC. The lowest BCUT2D eigenvalue weighted by Gasteiger charge is -2.22. The van der Waals surface area contributed by atoms with Crippen molar-refractivity contribution in [1.82, 2.24) is 5.32 Å². The van der Waals surface area contributed by atoms with E-state index in [1.54, 1.807) is 0 Å². The first-order valence-corrected chi connectivity index (χ1v) is 6.50. The molecule has 0 bridgehead atoms. The third kappa shape index (κ3) is 7.37. The summed E-state index contributed by atoms with van der Waals surface area (Å²) in [6.45, 7) is 9.15. The summed E-state index contributed by atoms with van der Waals surface area (Å²) in [5.74, 6) is 0. The fourth-order valence-electron chi connectivity index (χ4n) is 1.85. The number of nitrogens with one attached hydrogen (secondary N) is 1. The highest BCUT2D eigenvalue weighted by atomic mass is 14.9. The number of hydrogen-bond acceptors (Lipinski definition) is 1. The second-order valence-corrected chi connectivity index (χ2v) is 4.46. The van der Waals surface area contributed by atoms with Crippen molar-refractivity contribution < 1.29 is 0 Å². The van der Waals surface area contributed by atoms with Crippen molar-refractivity contribution in [2.45, 2.75) is 84.7 Å². The van der Waals surface area contributed by atoms with Crippen LogP contribution in [0.25, 0.3) is 0 Å². The molecule has 0 heterocycles. The monoisotopic (exact) mass is 199 g/mol. The van der Waals surface area contributed by atoms with Crippen LogP contribution in [0.3, 0.4) is 0 Å². The first-order chi connectivity index (χ1) is 6.74. The van der Waals surface area contributed by atoms with Gasteiger partial charge in [0, 0.05) is 12.1 Å². The third-order valence-electron chi connectivity index (χ3n) is 2.91. The van der Waals surface area contributed by atoms with Crippen LogP contribution in [0, 0.1) is 0 Å². The van der Waals surface area contributed by atoms with Crippen LogP contribution >= 0.6 is 0 Å². The van der Waals surface area contributed by atoms with Gasteiger partial charge in [0.05, 0.1) is 0 Å². The molecule has 0 aliphatic carbocycles. The Balaban J connectivity index is 3.57. The molecule has 1 N–H and O–H groups in total. The summed E-state index contributed by atoms with van der Waals surface area (Å²) >= 11 is 0. The zero-order valence-electron chi connectivity index (χ0n) is 10.6. The second-order valence-electron chi connectivity index (χ2n) is 4.46. The molecule has 0 radical (unpaired) electrons. The maximum absolute atomic E-state index is 3.74. The van der Waals surface area contributed by atoms with Gasteiger partial charge in [0.1, 0.15) is 0 Å². The van der Waals surface area contributed by atoms with Crippen molar-refractivity contribution in [3.63, 3.8) is 0 Å². The number of unbranched alkanes of at least 4 members (excludes halogenated alkanes) is 2. The molecule has 2 atom stereocenters. The van der Waals surface area contributed by atoms with E-state index in [0.29, 0.717) is 6.04 Å². The normalized spacial score (nSPS) is 15.4. The van der Waals surface area contributed by atoms with Crippen LogP contribution in [0.5, 0.6) is 0 Å². The highest BCUT2D eigenvalue weighted by Gasteiger charge is 2.08. The lowest BCUT2D eigenvalue weighted by atomic mass is 10.0. The maximum atomic E-state index is 3.74. The highest BCUT2D eigenvalue weighted by Crippen LogP contribution is 2.07. The van der Waals surface area contributed by atoms with Gasteiger partial charge in [-0.15, -0.1) is 0 Å². The summed E-state index contributed by atoms with van der Waals surface area (Å²) in [6.07, 6.45) is 9.32. The zero-order chi connectivity index (χ0) is 10.8. The molecule has 0 aliphatic heterocycles. The van der Waals surface area contributed by atoms with E-state index >= 15 is 0 Å². The molecule has 0 saturated heterocycles. The molecule has 0 spiro atoms. The fraction of sp³-hybridized carbons (Fsp3) is 1.00. The lowest BCUT2D eigenvalue weighted by molar-refractivity contribution is 0.385. The first-order valence-electron chi connectivity index (χ1n) is 6.50. The maximum Gasteiger partial charge on any atom is 0.00669 e. The van der Waals surface area contributed by atoms with Crippen molar-refractivity contribution in [1.29, 1.82) is 0 Å². The lowest BCUT2D eigenvalue weighted by Crippen LogP contribution is -2.36. The van der Waals surface area contributed by atoms with Crippen LogP contribution in [0.15, 0.2) is 0 Å². The third-order valence-corrected chi connectivity index (χ3v) is 2.91. The molecule has 0 saturated carbocycles. The van der Waals surface area contributed by atoms with Crippen molar-refractivity contribution in [3.8, 4) is 0 Å². The summed E-state index contributed by atoms with van der Waals surface area (Å²) in [5.41, 5.74) is 0. The summed E-state index contributed by atoms with van der Waals surface area (Å²) in [4.78, 5) is 0. The van der Waals surface area contributed by atoms with Crippen LogP contribution in [0.2, 0.25) is 0 Å². The van der Waals surface area contributed by atoms with Gasteiger partial charge in [-0.2, -0.15) is 0 Å². The van der Waals surface area contributed by atoms with Gasteiger partial charge in [-0.3, -0.25) is 0 Å². The molecule has 2 unspecified atom stereocenters. The smallest absolute Gasteiger partial charge is 0.00669 e. The van der Waals surface area contributed by atoms with Crippen LogP contribution in [-0.4, -0.2) is 12.1 Å². The Morgan fingerprint density at radius 1 is 0.929 bits per heavy atom. The average molecular weight is 199 g/mol. The van der Waals surface area contributed by atoms with E-state index in [0.717, 1.165) is 6.04 Å². The van der Waals surface area contributed by atoms with Crippen LogP contribution in [-0.2, 0) is 0 Å². The Labute approximate surface area is 90.7 Å². The fourth-order valence-corrected chi connectivity index (χ4v) is 1.85. The Hall–Kier alpha value is -0.0400. The van der Waals surface area contributed by atoms with Crippen LogP contribution in [0.1, 0.15) is 72.6 Å². The van der Waals surface area contributed by atoms with Gasteiger partial charge < -0.3 is 5.32 Å². The predicted molar refractivity (Wildman–Crippen MR) is 65.7 cm³/mol. The van der Waals surface area contributed by atoms with Crippen molar-refractivity contribution in [2.24, 2.45) is 0 Å². The zero-order valence-corrected chi connectivity index (χ0v) is 10.6. The van der Waals surface area contributed by atoms with Gasteiger partial charge in [0.15, 0.2) is 0 Å². The Morgan fingerprint density at radius 2 is 1.50 bits per heavy atom. The minimum absolute atomic E-state index is 0.705. The van der Waals surface area contributed by atoms with Gasteiger partial charge >= 0.3 is 0 Å². The minimum atomic E-state index is 0.705. The molecular formula is C13H29N. The molecule has 1 heteroatoms. The van der Waals surface area contributed by atoms with Crippen molar-refractivity contribution in [3.05, 3.63) is 0 Å². The summed E-state index contributed by atoms with van der Waals surface area (Å²) in [7, 11) is 0. The predicted octanol–water partition coefficient (Wildman–Crippen LogP) is 4.12. The van der Waals surface area contributed by atoms with Gasteiger partial charge in [-0.1, -0.05) is 46.5 Å². The Kier molecular flexibility index (Phi) is 9.49. The van der Waals surface area contributed by atoms with Gasteiger partial charge in [0.25, 0.3) is 0 Å². The summed E-state index contributed by atoms with van der Waals surface area (Å²) in [5, 5.41) is 3.74. The Morgan fingerprint density at radius 3 is 2.00 bits per heavy atom. The quantitative estimate of drug-likeness (QED) is 0.589. The van der Waals surface area contributed by atoms with E-state index in [9.17, 15) is 0 Å². The molecule has 0 amide bonds. The largest absolute Gasteiger partial charge is 0.312 e. The Bertz CT molecular complexity index is 112. The van der Waals surface area contributed by atoms with E-state index in [1.165, 1.54) is 44.9 Å². The molecule has 14 heavy (non-hydrogen) atoms. The highest BCUT2D eigenvalue weighted by molar-refractivity contribution is 4.70. The molecule has 0 aromatic heterocycles. The van der Waals surface area contributed by atoms with E-state index in [4.69, 9.17) is 0 Å². The molecule has 0 aliphatic rings. The van der Waals surface area contributed by atoms with Crippen LogP contribution < -0.4 is 5.32 Å². The second kappa shape index (κ2) is 9.51. The standard InChI is InChI=1S/C13H29N/c1-5-8-10-12(4)14-13(7-3)11-9-6-2/h12-14H,5-11H2,1-4H3. The molecule has 0 aromatic carbocycles. The molecule has 0 aromatic rings. The summed E-state index contributed by atoms with van der Waals surface area (Å²) in [6, 6.07) is 1.46. The van der Waals surface area contributed by atoms with E-state index in [2.05, 4.69) is 33.0 Å². The average Bonchev–Trinajstić information content (AvgIpc) is 2.21. The topological polar surface area (TPSA) is 12.0 Å². The first kappa shape index (κ1) is 14.0. The molecule has 0 rings (SSSR count).